The van der Waals surface area contributed by atoms with E-state index in [1.54, 1.807) is 25.2 Å². The van der Waals surface area contributed by atoms with Crippen LogP contribution in [0.15, 0.2) is 23.0 Å². The fraction of sp³-hybridized carbons (Fsp3) is 0.231. The third-order valence-corrected chi connectivity index (χ3v) is 3.48. The van der Waals surface area contributed by atoms with Crippen LogP contribution < -0.4 is 11.3 Å². The van der Waals surface area contributed by atoms with Gasteiger partial charge < -0.3 is 5.73 Å². The number of aryl methyl sites for hydroxylation is 1. The van der Waals surface area contributed by atoms with Crippen LogP contribution in [0.2, 0.25) is 10.0 Å². The maximum Gasteiger partial charge on any atom is 0.278 e. The average molecular weight is 298 g/mol. The Morgan fingerprint density at radius 1 is 1.37 bits per heavy atom. The molecule has 0 amide bonds. The number of nitrogen functional groups attached to an aromatic ring is 1. The van der Waals surface area contributed by atoms with Crippen molar-refractivity contribution in [3.63, 3.8) is 0 Å². The summed E-state index contributed by atoms with van der Waals surface area (Å²) in [7, 11) is 1.62. The van der Waals surface area contributed by atoms with E-state index in [1.165, 1.54) is 4.57 Å². The summed E-state index contributed by atoms with van der Waals surface area (Å²) >= 11 is 12.0. The van der Waals surface area contributed by atoms with Gasteiger partial charge in [-0.3, -0.25) is 9.36 Å². The molecule has 0 atom stereocenters. The Balaban J connectivity index is 2.76. The van der Waals surface area contributed by atoms with Gasteiger partial charge in [-0.15, -0.1) is 0 Å². The zero-order valence-corrected chi connectivity index (χ0v) is 12.1. The van der Waals surface area contributed by atoms with Gasteiger partial charge in [0, 0.05) is 17.6 Å². The molecule has 2 rings (SSSR count). The number of rotatable bonds is 2. The molecule has 0 fully saturated rings. The van der Waals surface area contributed by atoms with Gasteiger partial charge in [-0.2, -0.15) is 0 Å². The highest BCUT2D eigenvalue weighted by Gasteiger charge is 2.15. The molecular formula is C13H13Cl2N3O. The summed E-state index contributed by atoms with van der Waals surface area (Å²) < 4.78 is 1.38. The number of anilines is 1. The molecule has 2 N–H and O–H groups in total. The number of halogens is 2. The molecule has 0 saturated carbocycles. The number of hydrogen-bond acceptors (Lipinski definition) is 3. The second-order valence-corrected chi connectivity index (χ2v) is 4.98. The molecule has 0 radical (unpaired) electrons. The summed E-state index contributed by atoms with van der Waals surface area (Å²) in [5.74, 6) is 0.376. The van der Waals surface area contributed by atoms with Crippen LogP contribution in [-0.2, 0) is 13.5 Å². The summed E-state index contributed by atoms with van der Waals surface area (Å²) in [6.45, 7) is 1.93. The average Bonchev–Trinajstić information content (AvgIpc) is 2.38. The van der Waals surface area contributed by atoms with Crippen LogP contribution in [0.4, 0.5) is 5.82 Å². The summed E-state index contributed by atoms with van der Waals surface area (Å²) in [5.41, 5.74) is 7.08. The third-order valence-electron chi connectivity index (χ3n) is 2.93. The van der Waals surface area contributed by atoms with Crippen LogP contribution in [0.1, 0.15) is 12.6 Å². The Morgan fingerprint density at radius 2 is 2.05 bits per heavy atom. The van der Waals surface area contributed by atoms with E-state index >= 15 is 0 Å². The molecule has 2 aromatic rings. The van der Waals surface area contributed by atoms with Crippen molar-refractivity contribution in [1.29, 1.82) is 0 Å². The molecule has 100 valence electrons. The fourth-order valence-corrected chi connectivity index (χ4v) is 2.32. The Bertz CT molecular complexity index is 695. The van der Waals surface area contributed by atoms with Crippen molar-refractivity contribution in [2.45, 2.75) is 13.3 Å². The summed E-state index contributed by atoms with van der Waals surface area (Å²) in [5, 5.41) is 0.903. The Kier molecular flexibility index (Phi) is 3.83. The molecular weight excluding hydrogens is 285 g/mol. The van der Waals surface area contributed by atoms with Gasteiger partial charge in [0.25, 0.3) is 5.56 Å². The lowest BCUT2D eigenvalue weighted by Crippen LogP contribution is -2.25. The first-order chi connectivity index (χ1) is 8.95. The molecule has 0 unspecified atom stereocenters. The SMILES string of the molecule is CCc1nc(-c2ccc(Cl)cc2Cl)c(=O)n(C)c1N. The van der Waals surface area contributed by atoms with E-state index in [9.17, 15) is 4.79 Å². The molecule has 0 aliphatic carbocycles. The summed E-state index contributed by atoms with van der Waals surface area (Å²) in [6.07, 6.45) is 0.637. The molecule has 1 aromatic carbocycles. The number of nitrogens with zero attached hydrogens (tertiary/aromatic N) is 2. The van der Waals surface area contributed by atoms with Gasteiger partial charge in [0.1, 0.15) is 11.5 Å². The van der Waals surface area contributed by atoms with Crippen LogP contribution in [0.5, 0.6) is 0 Å². The van der Waals surface area contributed by atoms with Crippen LogP contribution in [0.3, 0.4) is 0 Å². The number of aromatic nitrogens is 2. The van der Waals surface area contributed by atoms with Crippen molar-refractivity contribution in [2.24, 2.45) is 7.05 Å². The van der Waals surface area contributed by atoms with E-state index in [4.69, 9.17) is 28.9 Å². The molecule has 4 nitrogen and oxygen atoms in total. The highest BCUT2D eigenvalue weighted by molar-refractivity contribution is 6.36. The predicted molar refractivity (Wildman–Crippen MR) is 78.7 cm³/mol. The third kappa shape index (κ3) is 2.46. The number of benzene rings is 1. The zero-order chi connectivity index (χ0) is 14.2. The van der Waals surface area contributed by atoms with E-state index in [0.717, 1.165) is 0 Å². The Hall–Kier alpha value is -1.52. The highest BCUT2D eigenvalue weighted by atomic mass is 35.5. The topological polar surface area (TPSA) is 60.9 Å². The van der Waals surface area contributed by atoms with Crippen molar-refractivity contribution in [2.75, 3.05) is 5.73 Å². The van der Waals surface area contributed by atoms with Crippen molar-refractivity contribution >= 4 is 29.0 Å². The van der Waals surface area contributed by atoms with E-state index in [2.05, 4.69) is 4.98 Å². The minimum absolute atomic E-state index is 0.279. The maximum absolute atomic E-state index is 12.2. The van der Waals surface area contributed by atoms with Gasteiger partial charge in [-0.05, 0) is 24.6 Å². The smallest absolute Gasteiger partial charge is 0.278 e. The van der Waals surface area contributed by atoms with Crippen molar-refractivity contribution < 1.29 is 0 Å². The molecule has 1 heterocycles. The lowest BCUT2D eigenvalue weighted by molar-refractivity contribution is 0.831. The lowest BCUT2D eigenvalue weighted by atomic mass is 10.1. The standard InChI is InChI=1S/C13H13Cl2N3O/c1-3-10-12(16)18(2)13(19)11(17-10)8-5-4-7(14)6-9(8)15/h4-6H,3,16H2,1-2H3. The highest BCUT2D eigenvalue weighted by Crippen LogP contribution is 2.28. The predicted octanol–water partition coefficient (Wildman–Crippen LogP) is 2.90. The van der Waals surface area contributed by atoms with E-state index < -0.39 is 0 Å². The number of nitrogens with two attached hydrogens (primary N) is 1. The van der Waals surface area contributed by atoms with Gasteiger partial charge in [-0.25, -0.2) is 4.98 Å². The van der Waals surface area contributed by atoms with E-state index in [1.807, 2.05) is 6.92 Å². The van der Waals surface area contributed by atoms with Crippen LogP contribution in [-0.4, -0.2) is 9.55 Å². The lowest BCUT2D eigenvalue weighted by Gasteiger charge is -2.11. The Labute approximate surface area is 120 Å². The molecule has 19 heavy (non-hydrogen) atoms. The summed E-state index contributed by atoms with van der Waals surface area (Å²) in [6, 6.07) is 4.94. The normalized spacial score (nSPS) is 10.7. The van der Waals surface area contributed by atoms with Gasteiger partial charge in [0.2, 0.25) is 0 Å². The van der Waals surface area contributed by atoms with E-state index in [0.29, 0.717) is 33.5 Å². The molecule has 0 aliphatic heterocycles. The van der Waals surface area contributed by atoms with Crippen molar-refractivity contribution in [3.05, 3.63) is 44.3 Å². The first kappa shape index (κ1) is 13.9. The minimum atomic E-state index is -0.279. The maximum atomic E-state index is 12.2. The molecule has 0 bridgehead atoms. The van der Waals surface area contributed by atoms with Crippen LogP contribution in [0, 0.1) is 0 Å². The largest absolute Gasteiger partial charge is 0.384 e. The molecule has 0 saturated heterocycles. The zero-order valence-electron chi connectivity index (χ0n) is 10.6. The second kappa shape index (κ2) is 5.23. The van der Waals surface area contributed by atoms with Gasteiger partial charge in [-0.1, -0.05) is 30.1 Å². The molecule has 1 aromatic heterocycles. The van der Waals surface area contributed by atoms with Gasteiger partial charge in [0.05, 0.1) is 10.7 Å². The minimum Gasteiger partial charge on any atom is -0.384 e. The first-order valence-corrected chi connectivity index (χ1v) is 6.52. The monoisotopic (exact) mass is 297 g/mol. The molecule has 0 spiro atoms. The number of hydrogen-bond donors (Lipinski definition) is 1. The van der Waals surface area contributed by atoms with Crippen molar-refractivity contribution in [3.8, 4) is 11.3 Å². The van der Waals surface area contributed by atoms with Crippen LogP contribution >= 0.6 is 23.2 Å². The quantitative estimate of drug-likeness (QED) is 0.927. The molecule has 6 heteroatoms. The fourth-order valence-electron chi connectivity index (χ4n) is 1.82. The molecule has 0 aliphatic rings. The second-order valence-electron chi connectivity index (χ2n) is 4.13. The van der Waals surface area contributed by atoms with E-state index in [-0.39, 0.29) is 11.3 Å². The van der Waals surface area contributed by atoms with Crippen LogP contribution in [0.25, 0.3) is 11.3 Å². The first-order valence-electron chi connectivity index (χ1n) is 5.76. The van der Waals surface area contributed by atoms with Crippen molar-refractivity contribution in [1.82, 2.24) is 9.55 Å². The summed E-state index contributed by atoms with van der Waals surface area (Å²) in [4.78, 5) is 16.6. The Morgan fingerprint density at radius 3 is 2.63 bits per heavy atom. The van der Waals surface area contributed by atoms with Gasteiger partial charge in [0.15, 0.2) is 0 Å². The van der Waals surface area contributed by atoms with Gasteiger partial charge >= 0.3 is 0 Å².